The molecule has 0 unspecified atom stereocenters. The summed E-state index contributed by atoms with van der Waals surface area (Å²) >= 11 is 0. The van der Waals surface area contributed by atoms with Gasteiger partial charge in [0.15, 0.2) is 0 Å². The van der Waals surface area contributed by atoms with E-state index in [1.807, 2.05) is 6.92 Å². The van der Waals surface area contributed by atoms with Gasteiger partial charge in [-0.25, -0.2) is 0 Å². The van der Waals surface area contributed by atoms with Gasteiger partial charge in [-0.05, 0) is 18.1 Å². The van der Waals surface area contributed by atoms with Crippen molar-refractivity contribution in [3.63, 3.8) is 0 Å². The smallest absolute Gasteiger partial charge is 0.258 e. The highest BCUT2D eigenvalue weighted by atomic mass is 16.6. The van der Waals surface area contributed by atoms with Crippen molar-refractivity contribution in [2.75, 3.05) is 0 Å². The van der Waals surface area contributed by atoms with Crippen LogP contribution in [0.3, 0.4) is 0 Å². The van der Waals surface area contributed by atoms with Gasteiger partial charge in [0.05, 0.1) is 4.92 Å². The van der Waals surface area contributed by atoms with Crippen molar-refractivity contribution < 1.29 is 4.92 Å². The predicted octanol–water partition coefficient (Wildman–Crippen LogP) is 2.88. The molecule has 0 aliphatic rings. The molecule has 0 aliphatic heterocycles. The molecule has 0 bridgehead atoms. The number of nitrogens with zero attached hydrogens (tertiary/aromatic N) is 1. The van der Waals surface area contributed by atoms with Gasteiger partial charge in [-0.1, -0.05) is 32.1 Å². The van der Waals surface area contributed by atoms with Gasteiger partial charge in [0.1, 0.15) is 0 Å². The van der Waals surface area contributed by atoms with E-state index in [2.05, 4.69) is 12.7 Å². The topological polar surface area (TPSA) is 43.1 Å². The number of benzene rings is 1. The van der Waals surface area contributed by atoms with Crippen LogP contribution in [-0.4, -0.2) is 4.92 Å². The first-order chi connectivity index (χ1) is 6.69. The van der Waals surface area contributed by atoms with Crippen LogP contribution in [0, 0.1) is 16.2 Å². The second kappa shape index (κ2) is 4.56. The molecule has 14 heavy (non-hydrogen) atoms. The normalized spacial score (nSPS) is 9.79. The molecule has 0 saturated carbocycles. The average molecular weight is 190 g/mol. The van der Waals surface area contributed by atoms with E-state index >= 15 is 0 Å². The number of aryl methyl sites for hydroxylation is 1. The highest BCUT2D eigenvalue weighted by Crippen LogP contribution is 2.21. The van der Waals surface area contributed by atoms with E-state index in [0.29, 0.717) is 5.56 Å². The van der Waals surface area contributed by atoms with Crippen LogP contribution in [0.1, 0.15) is 24.5 Å². The van der Waals surface area contributed by atoms with Crippen molar-refractivity contribution in [1.82, 2.24) is 0 Å². The maximum atomic E-state index is 10.7. The Bertz CT molecular complexity index is 358. The summed E-state index contributed by atoms with van der Waals surface area (Å²) in [7, 11) is 0. The molecule has 0 aliphatic carbocycles. The first kappa shape index (κ1) is 10.4. The van der Waals surface area contributed by atoms with Crippen molar-refractivity contribution in [3.05, 3.63) is 52.1 Å². The summed E-state index contributed by atoms with van der Waals surface area (Å²) < 4.78 is 0. The minimum atomic E-state index is -0.355. The van der Waals surface area contributed by atoms with Gasteiger partial charge >= 0.3 is 0 Å². The van der Waals surface area contributed by atoms with Crippen LogP contribution < -0.4 is 0 Å². The van der Waals surface area contributed by atoms with E-state index in [9.17, 15) is 10.1 Å². The van der Waals surface area contributed by atoms with Crippen molar-refractivity contribution in [2.24, 2.45) is 0 Å². The van der Waals surface area contributed by atoms with Gasteiger partial charge in [-0.15, -0.1) is 0 Å². The first-order valence-electron chi connectivity index (χ1n) is 4.49. The van der Waals surface area contributed by atoms with Crippen molar-refractivity contribution in [3.8, 4) is 0 Å². The van der Waals surface area contributed by atoms with E-state index < -0.39 is 0 Å². The summed E-state index contributed by atoms with van der Waals surface area (Å²) in [5, 5.41) is 10.7. The SMILES string of the molecule is C=[C]c1ccc(CCC)c([N+](=O)[O-])c1. The molecule has 73 valence electrons. The van der Waals surface area contributed by atoms with Crippen LogP contribution in [0.2, 0.25) is 0 Å². The molecule has 0 fully saturated rings. The minimum absolute atomic E-state index is 0.167. The summed E-state index contributed by atoms with van der Waals surface area (Å²) in [6, 6.07) is 5.08. The van der Waals surface area contributed by atoms with E-state index in [-0.39, 0.29) is 10.6 Å². The van der Waals surface area contributed by atoms with Crippen LogP contribution in [0.15, 0.2) is 24.8 Å². The molecule has 1 aromatic carbocycles. The highest BCUT2D eigenvalue weighted by Gasteiger charge is 2.12. The summed E-state index contributed by atoms with van der Waals surface area (Å²) in [5.41, 5.74) is 1.61. The minimum Gasteiger partial charge on any atom is -0.258 e. The van der Waals surface area contributed by atoms with Crippen LogP contribution in [0.5, 0.6) is 0 Å². The second-order valence-electron chi connectivity index (χ2n) is 3.03. The first-order valence-corrected chi connectivity index (χ1v) is 4.49. The lowest BCUT2D eigenvalue weighted by atomic mass is 10.1. The quantitative estimate of drug-likeness (QED) is 0.541. The molecule has 0 heterocycles. The molecule has 3 nitrogen and oxygen atoms in total. The molecule has 0 aromatic heterocycles. The maximum absolute atomic E-state index is 10.7. The van der Waals surface area contributed by atoms with E-state index in [0.717, 1.165) is 18.4 Å². The Morgan fingerprint density at radius 2 is 2.29 bits per heavy atom. The monoisotopic (exact) mass is 190 g/mol. The fraction of sp³-hybridized carbons (Fsp3) is 0.273. The van der Waals surface area contributed by atoms with Crippen molar-refractivity contribution in [1.29, 1.82) is 0 Å². The molecule has 0 amide bonds. The Kier molecular flexibility index (Phi) is 3.40. The van der Waals surface area contributed by atoms with E-state index in [1.54, 1.807) is 12.1 Å². The third-order valence-electron chi connectivity index (χ3n) is 2.01. The lowest BCUT2D eigenvalue weighted by molar-refractivity contribution is -0.385. The third kappa shape index (κ3) is 2.19. The van der Waals surface area contributed by atoms with Gasteiger partial charge in [0.2, 0.25) is 0 Å². The molecule has 1 rings (SSSR count). The van der Waals surface area contributed by atoms with Crippen LogP contribution in [0.4, 0.5) is 5.69 Å². The Morgan fingerprint density at radius 3 is 2.79 bits per heavy atom. The zero-order chi connectivity index (χ0) is 10.6. The van der Waals surface area contributed by atoms with Crippen LogP contribution in [0.25, 0.3) is 0 Å². The predicted molar refractivity (Wildman–Crippen MR) is 55.1 cm³/mol. The zero-order valence-electron chi connectivity index (χ0n) is 8.12. The largest absolute Gasteiger partial charge is 0.273 e. The van der Waals surface area contributed by atoms with E-state index in [1.165, 1.54) is 6.07 Å². The fourth-order valence-electron chi connectivity index (χ4n) is 1.32. The zero-order valence-corrected chi connectivity index (χ0v) is 8.12. The Hall–Kier alpha value is -1.64. The summed E-state index contributed by atoms with van der Waals surface area (Å²) in [4.78, 5) is 10.4. The van der Waals surface area contributed by atoms with Gasteiger partial charge < -0.3 is 0 Å². The van der Waals surface area contributed by atoms with E-state index in [4.69, 9.17) is 0 Å². The molecule has 0 atom stereocenters. The molecular formula is C11H12NO2. The second-order valence-corrected chi connectivity index (χ2v) is 3.03. The Labute approximate surface area is 83.2 Å². The third-order valence-corrected chi connectivity index (χ3v) is 2.01. The van der Waals surface area contributed by atoms with Gasteiger partial charge in [0, 0.05) is 11.6 Å². The molecular weight excluding hydrogens is 178 g/mol. The highest BCUT2D eigenvalue weighted by molar-refractivity contribution is 5.44. The average Bonchev–Trinajstić information content (AvgIpc) is 2.18. The fourth-order valence-corrected chi connectivity index (χ4v) is 1.32. The summed E-state index contributed by atoms with van der Waals surface area (Å²) in [6.07, 6.45) is 4.27. The number of rotatable bonds is 4. The van der Waals surface area contributed by atoms with Gasteiger partial charge in [-0.3, -0.25) is 10.1 Å². The Morgan fingerprint density at radius 1 is 1.57 bits per heavy atom. The van der Waals surface area contributed by atoms with Crippen molar-refractivity contribution >= 4 is 5.69 Å². The molecule has 0 N–H and O–H groups in total. The van der Waals surface area contributed by atoms with Gasteiger partial charge in [0.25, 0.3) is 5.69 Å². The molecule has 1 aromatic rings. The summed E-state index contributed by atoms with van der Waals surface area (Å²) in [5.74, 6) is 0. The van der Waals surface area contributed by atoms with Crippen LogP contribution in [-0.2, 0) is 6.42 Å². The molecule has 0 saturated heterocycles. The van der Waals surface area contributed by atoms with Gasteiger partial charge in [-0.2, -0.15) is 0 Å². The molecule has 1 radical (unpaired) electrons. The number of nitro groups is 1. The van der Waals surface area contributed by atoms with Crippen molar-refractivity contribution in [2.45, 2.75) is 19.8 Å². The number of nitro benzene ring substituents is 1. The van der Waals surface area contributed by atoms with Crippen LogP contribution >= 0.6 is 0 Å². The maximum Gasteiger partial charge on any atom is 0.273 e. The number of hydrogen-bond donors (Lipinski definition) is 0. The lowest BCUT2D eigenvalue weighted by Crippen LogP contribution is -1.95. The Balaban J connectivity index is 3.16. The molecule has 0 spiro atoms. The number of hydrogen-bond acceptors (Lipinski definition) is 2. The summed E-state index contributed by atoms with van der Waals surface area (Å²) in [6.45, 7) is 5.46. The standard InChI is InChI=1S/C11H12NO2/c1-3-5-10-7-6-9(4-2)8-11(10)12(13)14/h6-8H,2-3,5H2,1H3. The lowest BCUT2D eigenvalue weighted by Gasteiger charge is -2.01. The molecule has 3 heteroatoms.